The molecule has 0 bridgehead atoms. The molecule has 1 fully saturated rings. The summed E-state index contributed by atoms with van der Waals surface area (Å²) in [7, 11) is 0. The summed E-state index contributed by atoms with van der Waals surface area (Å²) < 4.78 is 42.8. The fourth-order valence-corrected chi connectivity index (χ4v) is 4.53. The molecule has 1 aromatic heterocycles. The van der Waals surface area contributed by atoms with Gasteiger partial charge in [0.2, 0.25) is 5.91 Å². The lowest BCUT2D eigenvalue weighted by Gasteiger charge is -2.40. The van der Waals surface area contributed by atoms with Crippen LogP contribution in [0.25, 0.3) is 10.9 Å². The Labute approximate surface area is 153 Å². The smallest absolute Gasteiger partial charge is 0.220 e. The van der Waals surface area contributed by atoms with E-state index in [1.807, 2.05) is 0 Å². The Morgan fingerprint density at radius 1 is 1.15 bits per heavy atom. The van der Waals surface area contributed by atoms with E-state index in [0.29, 0.717) is 23.1 Å². The SMILES string of the molecule is CC(=O)N1CC2(CC2)c2c([nH]c3cccc(F)c23)C1c1ccc(F)cc1F. The summed E-state index contributed by atoms with van der Waals surface area (Å²) in [6.45, 7) is 1.84. The Hall–Kier alpha value is -2.76. The Morgan fingerprint density at radius 3 is 2.59 bits per heavy atom. The summed E-state index contributed by atoms with van der Waals surface area (Å²) >= 11 is 0. The average molecular weight is 370 g/mol. The third kappa shape index (κ3) is 2.25. The van der Waals surface area contributed by atoms with E-state index in [1.165, 1.54) is 25.1 Å². The van der Waals surface area contributed by atoms with E-state index in [1.54, 1.807) is 17.0 Å². The van der Waals surface area contributed by atoms with Gasteiger partial charge in [0.05, 0.1) is 0 Å². The molecule has 0 saturated heterocycles. The number of fused-ring (bicyclic) bond motifs is 4. The highest BCUT2D eigenvalue weighted by atomic mass is 19.1. The van der Waals surface area contributed by atoms with E-state index in [9.17, 15) is 18.0 Å². The maximum Gasteiger partial charge on any atom is 0.220 e. The van der Waals surface area contributed by atoms with Gasteiger partial charge in [0.15, 0.2) is 0 Å². The van der Waals surface area contributed by atoms with Gasteiger partial charge < -0.3 is 9.88 Å². The number of rotatable bonds is 1. The number of carbonyl (C=O) groups excluding carboxylic acids is 1. The minimum atomic E-state index is -0.740. The molecule has 3 aromatic rings. The normalized spacial score (nSPS) is 20.1. The van der Waals surface area contributed by atoms with Gasteiger partial charge in [-0.05, 0) is 36.6 Å². The van der Waals surface area contributed by atoms with Crippen molar-refractivity contribution in [2.45, 2.75) is 31.2 Å². The van der Waals surface area contributed by atoms with Gasteiger partial charge in [-0.2, -0.15) is 0 Å². The lowest BCUT2D eigenvalue weighted by Crippen LogP contribution is -2.44. The third-order valence-electron chi connectivity index (χ3n) is 5.91. The first-order valence-electron chi connectivity index (χ1n) is 8.94. The highest BCUT2D eigenvalue weighted by Gasteiger charge is 2.55. The van der Waals surface area contributed by atoms with Crippen LogP contribution in [0.2, 0.25) is 0 Å². The Morgan fingerprint density at radius 2 is 1.93 bits per heavy atom. The molecule has 0 radical (unpaired) electrons. The zero-order valence-corrected chi connectivity index (χ0v) is 14.7. The number of aromatic nitrogens is 1. The van der Waals surface area contributed by atoms with Crippen LogP contribution in [0.4, 0.5) is 13.2 Å². The van der Waals surface area contributed by atoms with Crippen LogP contribution in [-0.4, -0.2) is 22.3 Å². The van der Waals surface area contributed by atoms with Crippen LogP contribution in [0, 0.1) is 17.5 Å². The fourth-order valence-electron chi connectivity index (χ4n) is 4.53. The second-order valence-electron chi connectivity index (χ2n) is 7.57. The number of aromatic amines is 1. The molecule has 1 atom stereocenters. The molecule has 2 aliphatic rings. The summed E-state index contributed by atoms with van der Waals surface area (Å²) in [4.78, 5) is 17.3. The van der Waals surface area contributed by atoms with Crippen LogP contribution in [0.3, 0.4) is 0 Å². The summed E-state index contributed by atoms with van der Waals surface area (Å²) in [6.07, 6.45) is 1.70. The van der Waals surface area contributed by atoms with Crippen molar-refractivity contribution in [1.29, 1.82) is 0 Å². The number of carbonyl (C=O) groups is 1. The van der Waals surface area contributed by atoms with E-state index in [2.05, 4.69) is 4.98 Å². The predicted octanol–water partition coefficient (Wildman–Crippen LogP) is 4.57. The summed E-state index contributed by atoms with van der Waals surface area (Å²) in [5, 5.41) is 0.515. The van der Waals surface area contributed by atoms with Crippen molar-refractivity contribution in [1.82, 2.24) is 9.88 Å². The molecule has 1 N–H and O–H groups in total. The van der Waals surface area contributed by atoms with Crippen molar-refractivity contribution in [3.63, 3.8) is 0 Å². The van der Waals surface area contributed by atoms with Crippen molar-refractivity contribution in [2.24, 2.45) is 0 Å². The predicted molar refractivity (Wildman–Crippen MR) is 94.8 cm³/mol. The number of benzene rings is 2. The maximum atomic E-state index is 14.7. The van der Waals surface area contributed by atoms with Crippen molar-refractivity contribution in [2.75, 3.05) is 6.54 Å². The van der Waals surface area contributed by atoms with Crippen molar-refractivity contribution in [3.05, 3.63) is 70.7 Å². The molecule has 1 unspecified atom stereocenters. The zero-order chi connectivity index (χ0) is 18.9. The van der Waals surface area contributed by atoms with Gasteiger partial charge in [-0.1, -0.05) is 12.1 Å². The van der Waals surface area contributed by atoms with Crippen molar-refractivity contribution >= 4 is 16.8 Å². The molecule has 2 aromatic carbocycles. The molecule has 1 saturated carbocycles. The first kappa shape index (κ1) is 16.4. The highest BCUT2D eigenvalue weighted by molar-refractivity contribution is 5.89. The van der Waals surface area contributed by atoms with Gasteiger partial charge in [-0.25, -0.2) is 13.2 Å². The first-order valence-corrected chi connectivity index (χ1v) is 8.94. The molecule has 1 aliphatic heterocycles. The number of amides is 1. The van der Waals surface area contributed by atoms with E-state index in [0.717, 1.165) is 24.5 Å². The lowest BCUT2D eigenvalue weighted by molar-refractivity contribution is -0.131. The summed E-state index contributed by atoms with van der Waals surface area (Å²) in [6, 6.07) is 7.44. The van der Waals surface area contributed by atoms with Crippen LogP contribution in [0.5, 0.6) is 0 Å². The Balaban J connectivity index is 1.83. The number of hydrogen-bond acceptors (Lipinski definition) is 1. The molecular formula is C21H17F3N2O. The van der Waals surface area contributed by atoms with Crippen LogP contribution in [-0.2, 0) is 10.2 Å². The molecule has 1 amide bonds. The van der Waals surface area contributed by atoms with E-state index >= 15 is 0 Å². The number of halogens is 3. The topological polar surface area (TPSA) is 36.1 Å². The standard InChI is InChI=1S/C21H17F3N2O/c1-11(27)26-10-21(7-8-21)18-17-14(23)3-2-4-16(17)25-19(18)20(26)13-6-5-12(22)9-15(13)24/h2-6,9,20,25H,7-8,10H2,1H3. The number of hydrogen-bond donors (Lipinski definition) is 1. The van der Waals surface area contributed by atoms with E-state index < -0.39 is 17.7 Å². The van der Waals surface area contributed by atoms with Gasteiger partial charge in [0.25, 0.3) is 0 Å². The fraction of sp³-hybridized carbons (Fsp3) is 0.286. The molecule has 138 valence electrons. The minimum absolute atomic E-state index is 0.195. The van der Waals surface area contributed by atoms with E-state index in [4.69, 9.17) is 0 Å². The number of H-pyrrole nitrogens is 1. The van der Waals surface area contributed by atoms with E-state index in [-0.39, 0.29) is 22.7 Å². The molecule has 3 nitrogen and oxygen atoms in total. The average Bonchev–Trinajstić information content (AvgIpc) is 3.25. The quantitative estimate of drug-likeness (QED) is 0.669. The van der Waals surface area contributed by atoms with Crippen molar-refractivity contribution < 1.29 is 18.0 Å². The molecule has 2 heterocycles. The molecule has 27 heavy (non-hydrogen) atoms. The zero-order valence-electron chi connectivity index (χ0n) is 14.7. The van der Waals surface area contributed by atoms with Crippen LogP contribution < -0.4 is 0 Å². The molecule has 1 spiro atoms. The highest BCUT2D eigenvalue weighted by Crippen LogP contribution is 2.58. The number of nitrogens with one attached hydrogen (secondary N) is 1. The minimum Gasteiger partial charge on any atom is -0.356 e. The second kappa shape index (κ2) is 5.38. The summed E-state index contributed by atoms with van der Waals surface area (Å²) in [5.74, 6) is -1.92. The summed E-state index contributed by atoms with van der Waals surface area (Å²) in [5.41, 5.74) is 2.00. The van der Waals surface area contributed by atoms with Crippen molar-refractivity contribution in [3.8, 4) is 0 Å². The lowest BCUT2D eigenvalue weighted by atomic mass is 9.83. The largest absolute Gasteiger partial charge is 0.356 e. The van der Waals surface area contributed by atoms with Gasteiger partial charge in [-0.15, -0.1) is 0 Å². The molecule has 6 heteroatoms. The van der Waals surface area contributed by atoms with Crippen LogP contribution in [0.15, 0.2) is 36.4 Å². The first-order chi connectivity index (χ1) is 12.9. The molecule has 1 aliphatic carbocycles. The molecular weight excluding hydrogens is 353 g/mol. The second-order valence-corrected chi connectivity index (χ2v) is 7.57. The van der Waals surface area contributed by atoms with Gasteiger partial charge in [0.1, 0.15) is 23.5 Å². The van der Waals surface area contributed by atoms with Crippen LogP contribution >= 0.6 is 0 Å². The number of nitrogens with zero attached hydrogens (tertiary/aromatic N) is 1. The van der Waals surface area contributed by atoms with Gasteiger partial charge >= 0.3 is 0 Å². The monoisotopic (exact) mass is 370 g/mol. The van der Waals surface area contributed by atoms with Crippen LogP contribution in [0.1, 0.15) is 42.6 Å². The maximum absolute atomic E-state index is 14.7. The Bertz CT molecular complexity index is 1100. The Kier molecular flexibility index (Phi) is 3.27. The molecule has 5 rings (SSSR count). The third-order valence-corrected chi connectivity index (χ3v) is 5.91. The van der Waals surface area contributed by atoms with Gasteiger partial charge in [0, 0.05) is 47.1 Å². The van der Waals surface area contributed by atoms with Gasteiger partial charge in [-0.3, -0.25) is 4.79 Å².